The number of carbonyl (C=O) groups excluding carboxylic acids is 1. The molecule has 1 amide bonds. The Labute approximate surface area is 91.8 Å². The number of rotatable bonds is 2. The maximum Gasteiger partial charge on any atom is 0.408 e. The minimum absolute atomic E-state index is 0.249. The zero-order chi connectivity index (χ0) is 11.7. The molecule has 88 valence electrons. The highest BCUT2D eigenvalue weighted by Crippen LogP contribution is 2.18. The van der Waals surface area contributed by atoms with Crippen molar-refractivity contribution < 1.29 is 9.53 Å². The highest BCUT2D eigenvalue weighted by molar-refractivity contribution is 5.68. The summed E-state index contributed by atoms with van der Waals surface area (Å²) in [6.07, 6.45) is 0.754. The van der Waals surface area contributed by atoms with Gasteiger partial charge in [0.1, 0.15) is 5.60 Å². The van der Waals surface area contributed by atoms with E-state index in [1.165, 1.54) is 0 Å². The Kier molecular flexibility index (Phi) is 3.28. The predicted octanol–water partition coefficient (Wildman–Crippen LogP) is 1.65. The number of hydrogen-bond acceptors (Lipinski definition) is 3. The van der Waals surface area contributed by atoms with Gasteiger partial charge in [-0.25, -0.2) is 4.79 Å². The van der Waals surface area contributed by atoms with Gasteiger partial charge in [0.2, 0.25) is 0 Å². The fourth-order valence-corrected chi connectivity index (χ4v) is 1.56. The zero-order valence-corrected chi connectivity index (χ0v) is 10.3. The van der Waals surface area contributed by atoms with Crippen LogP contribution in [0, 0.1) is 0 Å². The van der Waals surface area contributed by atoms with E-state index in [0.29, 0.717) is 6.04 Å². The second kappa shape index (κ2) is 4.00. The Morgan fingerprint density at radius 2 is 1.87 bits per heavy atom. The summed E-state index contributed by atoms with van der Waals surface area (Å²) in [6.45, 7) is 10.6. The van der Waals surface area contributed by atoms with Crippen LogP contribution in [0.4, 0.5) is 4.79 Å². The third-order valence-electron chi connectivity index (χ3n) is 2.52. The van der Waals surface area contributed by atoms with Gasteiger partial charge >= 0.3 is 6.09 Å². The minimum atomic E-state index is -0.437. The third kappa shape index (κ3) is 3.70. The Morgan fingerprint density at radius 1 is 1.33 bits per heavy atom. The van der Waals surface area contributed by atoms with Crippen molar-refractivity contribution in [1.29, 1.82) is 0 Å². The second-order valence-corrected chi connectivity index (χ2v) is 5.64. The number of alkyl carbamates (subject to hydrolysis) is 1. The lowest BCUT2D eigenvalue weighted by Crippen LogP contribution is -2.63. The Hall–Kier alpha value is -0.770. The van der Waals surface area contributed by atoms with E-state index in [9.17, 15) is 4.79 Å². The molecule has 0 aliphatic carbocycles. The summed E-state index contributed by atoms with van der Waals surface area (Å²) in [6, 6.07) is 0.352. The number of ether oxygens (including phenoxy) is 1. The summed E-state index contributed by atoms with van der Waals surface area (Å²) in [4.78, 5) is 11.6. The van der Waals surface area contributed by atoms with Gasteiger partial charge in [-0.15, -0.1) is 0 Å². The number of nitrogens with one attached hydrogen (secondary N) is 2. The van der Waals surface area contributed by atoms with Gasteiger partial charge in [-0.1, -0.05) is 0 Å². The van der Waals surface area contributed by atoms with E-state index in [2.05, 4.69) is 10.6 Å². The highest BCUT2D eigenvalue weighted by Gasteiger charge is 2.35. The normalized spacial score (nSPS) is 21.8. The Morgan fingerprint density at radius 3 is 2.20 bits per heavy atom. The molecular formula is C11H22N2O2. The smallest absolute Gasteiger partial charge is 0.408 e. The van der Waals surface area contributed by atoms with Gasteiger partial charge in [0.05, 0.1) is 5.54 Å². The van der Waals surface area contributed by atoms with Crippen LogP contribution in [-0.2, 0) is 4.74 Å². The molecule has 0 bridgehead atoms. The van der Waals surface area contributed by atoms with Crippen molar-refractivity contribution in [3.8, 4) is 0 Å². The van der Waals surface area contributed by atoms with Crippen LogP contribution >= 0.6 is 0 Å². The van der Waals surface area contributed by atoms with Crippen LogP contribution in [0.1, 0.15) is 41.0 Å². The molecule has 15 heavy (non-hydrogen) atoms. The molecule has 0 saturated carbocycles. The molecule has 0 radical (unpaired) electrons. The van der Waals surface area contributed by atoms with Crippen molar-refractivity contribution in [3.05, 3.63) is 0 Å². The first-order chi connectivity index (χ1) is 6.71. The van der Waals surface area contributed by atoms with Crippen molar-refractivity contribution >= 4 is 6.09 Å². The van der Waals surface area contributed by atoms with E-state index in [0.717, 1.165) is 13.0 Å². The van der Waals surface area contributed by atoms with Gasteiger partial charge < -0.3 is 15.4 Å². The van der Waals surface area contributed by atoms with Crippen LogP contribution in [0.3, 0.4) is 0 Å². The molecule has 1 aliphatic rings. The van der Waals surface area contributed by atoms with Crippen molar-refractivity contribution in [2.45, 2.75) is 58.2 Å². The maximum atomic E-state index is 11.6. The Bertz CT molecular complexity index is 239. The lowest BCUT2D eigenvalue weighted by Gasteiger charge is -2.41. The number of amides is 1. The molecular weight excluding hydrogens is 192 g/mol. The van der Waals surface area contributed by atoms with Gasteiger partial charge in [-0.05, 0) is 47.6 Å². The SMILES string of the molecule is CC(C)(C)OC(=O)NC(C)(C)C1CCN1. The average Bonchev–Trinajstić information content (AvgIpc) is 1.71. The molecule has 0 aromatic carbocycles. The van der Waals surface area contributed by atoms with Crippen LogP contribution in [0.15, 0.2) is 0 Å². The van der Waals surface area contributed by atoms with E-state index in [1.807, 2.05) is 34.6 Å². The standard InChI is InChI=1S/C11H22N2O2/c1-10(2,3)15-9(14)13-11(4,5)8-6-7-12-8/h8,12H,6-7H2,1-5H3,(H,13,14). The molecule has 4 heteroatoms. The quantitative estimate of drug-likeness (QED) is 0.735. The van der Waals surface area contributed by atoms with Crippen LogP contribution in [0.25, 0.3) is 0 Å². The molecule has 1 rings (SSSR count). The van der Waals surface area contributed by atoms with Crippen molar-refractivity contribution in [1.82, 2.24) is 10.6 Å². The van der Waals surface area contributed by atoms with Gasteiger partial charge in [-0.2, -0.15) is 0 Å². The molecule has 0 aromatic heterocycles. The fourth-order valence-electron chi connectivity index (χ4n) is 1.56. The van der Waals surface area contributed by atoms with E-state index >= 15 is 0 Å². The Balaban J connectivity index is 2.42. The van der Waals surface area contributed by atoms with Gasteiger partial charge in [0.15, 0.2) is 0 Å². The second-order valence-electron chi connectivity index (χ2n) is 5.64. The number of carbonyl (C=O) groups is 1. The largest absolute Gasteiger partial charge is 0.444 e. The first-order valence-electron chi connectivity index (χ1n) is 5.45. The first kappa shape index (κ1) is 12.3. The molecule has 1 atom stereocenters. The van der Waals surface area contributed by atoms with Crippen molar-refractivity contribution in [3.63, 3.8) is 0 Å². The van der Waals surface area contributed by atoms with E-state index in [4.69, 9.17) is 4.74 Å². The van der Waals surface area contributed by atoms with Crippen LogP contribution < -0.4 is 10.6 Å². The monoisotopic (exact) mass is 214 g/mol. The van der Waals surface area contributed by atoms with Gasteiger partial charge in [0, 0.05) is 6.04 Å². The molecule has 1 heterocycles. The summed E-state index contributed by atoms with van der Waals surface area (Å²) >= 11 is 0. The molecule has 1 fully saturated rings. The molecule has 0 aromatic rings. The van der Waals surface area contributed by atoms with E-state index < -0.39 is 5.60 Å². The summed E-state index contributed by atoms with van der Waals surface area (Å²) in [7, 11) is 0. The lowest BCUT2D eigenvalue weighted by molar-refractivity contribution is 0.0429. The average molecular weight is 214 g/mol. The molecule has 4 nitrogen and oxygen atoms in total. The van der Waals surface area contributed by atoms with E-state index in [-0.39, 0.29) is 11.6 Å². The lowest BCUT2D eigenvalue weighted by atomic mass is 9.87. The zero-order valence-electron chi connectivity index (χ0n) is 10.3. The highest BCUT2D eigenvalue weighted by atomic mass is 16.6. The minimum Gasteiger partial charge on any atom is -0.444 e. The maximum absolute atomic E-state index is 11.6. The predicted molar refractivity (Wildman–Crippen MR) is 59.9 cm³/mol. The van der Waals surface area contributed by atoms with Gasteiger partial charge in [-0.3, -0.25) is 0 Å². The molecule has 0 spiro atoms. The summed E-state index contributed by atoms with van der Waals surface area (Å²) in [5.74, 6) is 0. The molecule has 1 saturated heterocycles. The molecule has 1 aliphatic heterocycles. The topological polar surface area (TPSA) is 50.4 Å². The van der Waals surface area contributed by atoms with Crippen molar-refractivity contribution in [2.75, 3.05) is 6.54 Å². The number of hydrogen-bond donors (Lipinski definition) is 2. The van der Waals surface area contributed by atoms with Gasteiger partial charge in [0.25, 0.3) is 0 Å². The van der Waals surface area contributed by atoms with Crippen LogP contribution in [0.2, 0.25) is 0 Å². The molecule has 1 unspecified atom stereocenters. The van der Waals surface area contributed by atoms with Crippen molar-refractivity contribution in [2.24, 2.45) is 0 Å². The first-order valence-corrected chi connectivity index (χ1v) is 5.45. The summed E-state index contributed by atoms with van der Waals surface area (Å²) in [5, 5.41) is 6.17. The fraction of sp³-hybridized carbons (Fsp3) is 0.909. The van der Waals surface area contributed by atoms with Crippen LogP contribution in [-0.4, -0.2) is 29.8 Å². The summed E-state index contributed by atoms with van der Waals surface area (Å²) < 4.78 is 5.21. The molecule has 2 N–H and O–H groups in total. The van der Waals surface area contributed by atoms with E-state index in [1.54, 1.807) is 0 Å². The van der Waals surface area contributed by atoms with Crippen LogP contribution in [0.5, 0.6) is 0 Å². The third-order valence-corrected chi connectivity index (χ3v) is 2.52. The summed E-state index contributed by atoms with van der Waals surface area (Å²) in [5.41, 5.74) is -0.687.